The van der Waals surface area contributed by atoms with E-state index in [1.165, 1.54) is 5.01 Å². The van der Waals surface area contributed by atoms with Crippen LogP contribution in [-0.2, 0) is 14.4 Å². The summed E-state index contributed by atoms with van der Waals surface area (Å²) < 4.78 is 0. The molecule has 0 radical (unpaired) electrons. The van der Waals surface area contributed by atoms with Crippen molar-refractivity contribution in [2.24, 2.45) is 34.7 Å². The zero-order chi connectivity index (χ0) is 25.9. The van der Waals surface area contributed by atoms with Gasteiger partial charge < -0.3 is 10.2 Å². The van der Waals surface area contributed by atoms with Crippen molar-refractivity contribution in [1.82, 2.24) is 15.2 Å². The lowest BCUT2D eigenvalue weighted by atomic mass is 9.81. The Morgan fingerprint density at radius 3 is 2.63 bits per heavy atom. The van der Waals surface area contributed by atoms with E-state index in [0.717, 1.165) is 36.4 Å². The summed E-state index contributed by atoms with van der Waals surface area (Å²) in [5.41, 5.74) is 3.50. The molecule has 3 rings (SSSR count). The molecular formula is C26H39N5O4. The minimum absolute atomic E-state index is 0.0270. The molecule has 0 saturated carbocycles. The summed E-state index contributed by atoms with van der Waals surface area (Å²) >= 11 is 0. The number of allylic oxidation sites excluding steroid dienone is 4. The van der Waals surface area contributed by atoms with Gasteiger partial charge in [-0.25, -0.2) is 5.84 Å². The minimum atomic E-state index is -0.680. The van der Waals surface area contributed by atoms with Crippen LogP contribution in [0.25, 0.3) is 0 Å². The maximum Gasteiger partial charge on any atom is 0.286 e. The van der Waals surface area contributed by atoms with Gasteiger partial charge >= 0.3 is 0 Å². The van der Waals surface area contributed by atoms with E-state index >= 15 is 0 Å². The van der Waals surface area contributed by atoms with Crippen LogP contribution in [0.15, 0.2) is 39.9 Å². The molecular weight excluding hydrogens is 446 g/mol. The van der Waals surface area contributed by atoms with Crippen LogP contribution >= 0.6 is 0 Å². The number of carbonyl (C=O) groups excluding carboxylic acids is 3. The molecule has 35 heavy (non-hydrogen) atoms. The Morgan fingerprint density at radius 1 is 1.29 bits per heavy atom. The molecule has 0 aromatic heterocycles. The molecule has 4 atom stereocenters. The number of nitrogens with one attached hydrogen (secondary N) is 1. The molecule has 0 saturated heterocycles. The maximum atomic E-state index is 13.7. The van der Waals surface area contributed by atoms with Crippen LogP contribution in [0.4, 0.5) is 0 Å². The zero-order valence-electron chi connectivity index (χ0n) is 21.5. The van der Waals surface area contributed by atoms with Gasteiger partial charge in [-0.15, -0.1) is 4.91 Å². The van der Waals surface area contributed by atoms with Gasteiger partial charge in [0.2, 0.25) is 5.91 Å². The first kappa shape index (κ1) is 26.8. The fourth-order valence-electron chi connectivity index (χ4n) is 5.71. The predicted molar refractivity (Wildman–Crippen MR) is 134 cm³/mol. The number of carbonyl (C=O) groups is 3. The average Bonchev–Trinajstić information content (AvgIpc) is 3.15. The number of amides is 3. The number of hydrogen-bond donors (Lipinski definition) is 2. The standard InChI is InChI=1S/C26H39N5O4/c1-6-7-19-10-17(5)28-25(33)21(19)14-31(27)26(34)20-11-18(8-9-23(32)29-35)12-22-24(20)16(4)13-30(22)15(2)3/h10-11,15-16,18-19,21H,6-9,12-14,27H2,1-5H3,(H,28,33). The van der Waals surface area contributed by atoms with E-state index in [0.29, 0.717) is 18.4 Å². The van der Waals surface area contributed by atoms with E-state index in [4.69, 9.17) is 5.84 Å². The topological polar surface area (TPSA) is 125 Å². The van der Waals surface area contributed by atoms with Crippen LogP contribution in [0.1, 0.15) is 66.7 Å². The normalized spacial score (nSPS) is 26.3. The van der Waals surface area contributed by atoms with Gasteiger partial charge in [0.25, 0.3) is 11.8 Å². The van der Waals surface area contributed by atoms with E-state index < -0.39 is 11.8 Å². The molecule has 0 fully saturated rings. The van der Waals surface area contributed by atoms with Crippen molar-refractivity contribution >= 4 is 17.7 Å². The lowest BCUT2D eigenvalue weighted by molar-refractivity contribution is -0.132. The van der Waals surface area contributed by atoms with Crippen LogP contribution in [0.2, 0.25) is 0 Å². The van der Waals surface area contributed by atoms with Crippen LogP contribution in [-0.4, -0.2) is 46.8 Å². The lowest BCUT2D eigenvalue weighted by Crippen LogP contribution is -2.49. The molecule has 1 aliphatic carbocycles. The Kier molecular flexibility index (Phi) is 8.64. The van der Waals surface area contributed by atoms with Crippen molar-refractivity contribution in [3.05, 3.63) is 39.6 Å². The molecule has 3 amide bonds. The quantitative estimate of drug-likeness (QED) is 0.223. The first-order chi connectivity index (χ1) is 16.6. The zero-order valence-corrected chi connectivity index (χ0v) is 21.5. The van der Waals surface area contributed by atoms with Gasteiger partial charge in [-0.1, -0.05) is 32.4 Å². The second-order valence-electron chi connectivity index (χ2n) is 10.4. The van der Waals surface area contributed by atoms with Crippen molar-refractivity contribution in [3.8, 4) is 0 Å². The van der Waals surface area contributed by atoms with Crippen LogP contribution < -0.4 is 11.2 Å². The number of nitroso groups, excluding NO2 is 1. The molecule has 0 spiro atoms. The third-order valence-corrected chi connectivity index (χ3v) is 7.37. The highest BCUT2D eigenvalue weighted by molar-refractivity contribution is 5.98. The van der Waals surface area contributed by atoms with Crippen LogP contribution in [0, 0.1) is 28.6 Å². The van der Waals surface area contributed by atoms with Gasteiger partial charge in [0, 0.05) is 53.6 Å². The van der Waals surface area contributed by atoms with Gasteiger partial charge in [-0.3, -0.25) is 19.4 Å². The lowest BCUT2D eigenvalue weighted by Gasteiger charge is -2.34. The van der Waals surface area contributed by atoms with E-state index in [2.05, 4.69) is 49.2 Å². The van der Waals surface area contributed by atoms with E-state index in [1.807, 2.05) is 13.0 Å². The largest absolute Gasteiger partial charge is 0.372 e. The molecule has 0 aromatic rings. The van der Waals surface area contributed by atoms with Crippen molar-refractivity contribution in [2.45, 2.75) is 72.8 Å². The molecule has 2 aliphatic heterocycles. The molecule has 3 aliphatic rings. The minimum Gasteiger partial charge on any atom is -0.372 e. The smallest absolute Gasteiger partial charge is 0.286 e. The second kappa shape index (κ2) is 11.3. The molecule has 2 heterocycles. The Bertz CT molecular complexity index is 967. The third-order valence-electron chi connectivity index (χ3n) is 7.37. The molecule has 9 heteroatoms. The van der Waals surface area contributed by atoms with E-state index in [1.54, 1.807) is 0 Å². The summed E-state index contributed by atoms with van der Waals surface area (Å²) in [4.78, 5) is 50.9. The van der Waals surface area contributed by atoms with Crippen LogP contribution in [0.3, 0.4) is 0 Å². The number of hydrazine groups is 1. The Hall–Kier alpha value is -2.81. The number of rotatable bonds is 9. The molecule has 192 valence electrons. The third kappa shape index (κ3) is 5.89. The Balaban J connectivity index is 1.88. The molecule has 9 nitrogen and oxygen atoms in total. The van der Waals surface area contributed by atoms with Crippen molar-refractivity contribution < 1.29 is 14.4 Å². The number of nitrogens with zero attached hydrogens (tertiary/aromatic N) is 3. The molecule has 0 aromatic carbocycles. The SMILES string of the molecule is CCCC1C=C(C)NC(=O)C1CN(N)C(=O)C1=CC(CCC(=O)N=O)CC2=C1C(C)CN2C(C)C. The van der Waals surface area contributed by atoms with Gasteiger partial charge in [-0.2, -0.15) is 0 Å². The summed E-state index contributed by atoms with van der Waals surface area (Å²) in [6, 6.07) is 0.267. The van der Waals surface area contributed by atoms with Crippen molar-refractivity contribution in [2.75, 3.05) is 13.1 Å². The molecule has 0 bridgehead atoms. The highest BCUT2D eigenvalue weighted by Crippen LogP contribution is 2.43. The number of nitrogens with two attached hydrogens (primary N) is 1. The predicted octanol–water partition coefficient (Wildman–Crippen LogP) is 3.39. The first-order valence-electron chi connectivity index (χ1n) is 12.7. The van der Waals surface area contributed by atoms with Gasteiger partial charge in [-0.05, 0) is 57.4 Å². The summed E-state index contributed by atoms with van der Waals surface area (Å²) in [5, 5.41) is 6.57. The fraction of sp³-hybridized carbons (Fsp3) is 0.654. The highest BCUT2D eigenvalue weighted by Gasteiger charge is 2.40. The number of hydrogen-bond acceptors (Lipinski definition) is 6. The summed E-state index contributed by atoms with van der Waals surface area (Å²) in [5.74, 6) is 4.94. The Labute approximate surface area is 207 Å². The van der Waals surface area contributed by atoms with E-state index in [9.17, 15) is 19.3 Å². The average molecular weight is 486 g/mol. The highest BCUT2D eigenvalue weighted by atomic mass is 16.3. The monoisotopic (exact) mass is 485 g/mol. The molecule has 4 unspecified atom stereocenters. The maximum absolute atomic E-state index is 13.7. The molecule has 3 N–H and O–H groups in total. The van der Waals surface area contributed by atoms with Crippen molar-refractivity contribution in [3.63, 3.8) is 0 Å². The fourth-order valence-corrected chi connectivity index (χ4v) is 5.71. The van der Waals surface area contributed by atoms with Crippen molar-refractivity contribution in [1.29, 1.82) is 0 Å². The first-order valence-corrected chi connectivity index (χ1v) is 12.7. The summed E-state index contributed by atoms with van der Waals surface area (Å²) in [6.07, 6.45) is 6.93. The van der Waals surface area contributed by atoms with Gasteiger partial charge in [0.05, 0.1) is 5.92 Å². The Morgan fingerprint density at radius 2 is 2.00 bits per heavy atom. The van der Waals surface area contributed by atoms with E-state index in [-0.39, 0.29) is 48.6 Å². The summed E-state index contributed by atoms with van der Waals surface area (Å²) in [6.45, 7) is 11.2. The summed E-state index contributed by atoms with van der Waals surface area (Å²) in [7, 11) is 0. The van der Waals surface area contributed by atoms with Gasteiger partial charge in [0.1, 0.15) is 0 Å². The second-order valence-corrected chi connectivity index (χ2v) is 10.4. The van der Waals surface area contributed by atoms with Crippen LogP contribution in [0.5, 0.6) is 0 Å². The van der Waals surface area contributed by atoms with Gasteiger partial charge in [0.15, 0.2) is 0 Å².